The van der Waals surface area contributed by atoms with E-state index in [-0.39, 0.29) is 0 Å². The van der Waals surface area contributed by atoms with E-state index < -0.39 is 0 Å². The molecule has 1 fully saturated rings. The molecule has 0 bridgehead atoms. The van der Waals surface area contributed by atoms with Gasteiger partial charge in [-0.25, -0.2) is 0 Å². The number of hydrogen-bond acceptors (Lipinski definition) is 3. The minimum atomic E-state index is 0.427. The lowest BCUT2D eigenvalue weighted by Crippen LogP contribution is -2.43. The quantitative estimate of drug-likeness (QED) is 0.571. The van der Waals surface area contributed by atoms with Crippen molar-refractivity contribution in [2.24, 2.45) is 4.99 Å². The van der Waals surface area contributed by atoms with E-state index in [1.807, 2.05) is 12.1 Å². The van der Waals surface area contributed by atoms with Crippen LogP contribution in [0, 0.1) is 0 Å². The van der Waals surface area contributed by atoms with Gasteiger partial charge in [0.2, 0.25) is 0 Å². The third kappa shape index (κ3) is 5.90. The molecule has 2 N–H and O–H groups in total. The molecule has 2 unspecified atom stereocenters. The zero-order chi connectivity index (χ0) is 16.5. The maximum atomic E-state index is 5.38. The SMILES string of the molecule is CCC(C)NC(=NCC1CCCN1CC)NCCc1ccco1. The average Bonchev–Trinajstić information content (AvgIpc) is 3.23. The highest BCUT2D eigenvalue weighted by atomic mass is 16.3. The van der Waals surface area contributed by atoms with Gasteiger partial charge in [0, 0.05) is 25.0 Å². The molecule has 1 saturated heterocycles. The summed E-state index contributed by atoms with van der Waals surface area (Å²) in [5.41, 5.74) is 0. The van der Waals surface area contributed by atoms with Crippen LogP contribution in [0.2, 0.25) is 0 Å². The summed E-state index contributed by atoms with van der Waals surface area (Å²) in [4.78, 5) is 7.37. The second kappa shape index (κ2) is 9.60. The van der Waals surface area contributed by atoms with E-state index in [0.29, 0.717) is 12.1 Å². The molecule has 130 valence electrons. The van der Waals surface area contributed by atoms with Gasteiger partial charge in [-0.3, -0.25) is 9.89 Å². The zero-order valence-electron chi connectivity index (χ0n) is 14.8. The fourth-order valence-electron chi connectivity index (χ4n) is 2.96. The average molecular weight is 320 g/mol. The molecule has 0 saturated carbocycles. The van der Waals surface area contributed by atoms with E-state index in [4.69, 9.17) is 9.41 Å². The Hall–Kier alpha value is -1.49. The predicted molar refractivity (Wildman–Crippen MR) is 95.9 cm³/mol. The van der Waals surface area contributed by atoms with Crippen molar-refractivity contribution in [3.05, 3.63) is 24.2 Å². The predicted octanol–water partition coefficient (Wildman–Crippen LogP) is 2.64. The van der Waals surface area contributed by atoms with Crippen molar-refractivity contribution in [1.82, 2.24) is 15.5 Å². The molecule has 2 heterocycles. The Morgan fingerprint density at radius 3 is 3.04 bits per heavy atom. The normalized spacial score (nSPS) is 20.7. The highest BCUT2D eigenvalue weighted by molar-refractivity contribution is 5.80. The number of aliphatic imine (C=N–C) groups is 1. The molecule has 0 aliphatic carbocycles. The Morgan fingerprint density at radius 2 is 2.35 bits per heavy atom. The summed E-state index contributed by atoms with van der Waals surface area (Å²) in [7, 11) is 0. The van der Waals surface area contributed by atoms with Crippen molar-refractivity contribution in [2.45, 2.75) is 58.5 Å². The van der Waals surface area contributed by atoms with Gasteiger partial charge < -0.3 is 15.1 Å². The van der Waals surface area contributed by atoms with Crippen LogP contribution < -0.4 is 10.6 Å². The van der Waals surface area contributed by atoms with E-state index >= 15 is 0 Å². The van der Waals surface area contributed by atoms with Crippen molar-refractivity contribution < 1.29 is 4.42 Å². The second-order valence-electron chi connectivity index (χ2n) is 6.32. The Labute approximate surface area is 140 Å². The molecular formula is C18H32N4O. The molecule has 1 aliphatic heterocycles. The Bertz CT molecular complexity index is 458. The van der Waals surface area contributed by atoms with E-state index in [2.05, 4.69) is 36.3 Å². The summed E-state index contributed by atoms with van der Waals surface area (Å²) in [5, 5.41) is 6.93. The van der Waals surface area contributed by atoms with Gasteiger partial charge in [0.1, 0.15) is 5.76 Å². The highest BCUT2D eigenvalue weighted by Gasteiger charge is 2.22. The van der Waals surface area contributed by atoms with Crippen molar-refractivity contribution in [1.29, 1.82) is 0 Å². The molecule has 0 spiro atoms. The number of furan rings is 1. The van der Waals surface area contributed by atoms with Crippen LogP contribution in [-0.4, -0.2) is 49.1 Å². The Kier molecular flexibility index (Phi) is 7.46. The standard InChI is InChI=1S/C18H32N4O/c1-4-15(3)21-18(19-11-10-17-9-7-13-23-17)20-14-16-8-6-12-22(16)5-2/h7,9,13,15-16H,4-6,8,10-12,14H2,1-3H3,(H2,19,20,21). The van der Waals surface area contributed by atoms with Crippen LogP contribution in [0.3, 0.4) is 0 Å². The Balaban J connectivity index is 1.85. The molecule has 1 aliphatic rings. The first-order chi connectivity index (χ1) is 11.2. The zero-order valence-corrected chi connectivity index (χ0v) is 14.8. The fraction of sp³-hybridized carbons (Fsp3) is 0.722. The summed E-state index contributed by atoms with van der Waals surface area (Å²) < 4.78 is 5.38. The summed E-state index contributed by atoms with van der Waals surface area (Å²) in [6.07, 6.45) is 6.25. The number of hydrogen-bond donors (Lipinski definition) is 2. The number of nitrogens with zero attached hydrogens (tertiary/aromatic N) is 2. The minimum Gasteiger partial charge on any atom is -0.469 e. The summed E-state index contributed by atoms with van der Waals surface area (Å²) in [5.74, 6) is 1.93. The summed E-state index contributed by atoms with van der Waals surface area (Å²) in [6, 6.07) is 4.97. The van der Waals surface area contributed by atoms with Gasteiger partial charge in [-0.15, -0.1) is 0 Å². The maximum Gasteiger partial charge on any atom is 0.191 e. The molecule has 1 aromatic heterocycles. The van der Waals surface area contributed by atoms with Gasteiger partial charge >= 0.3 is 0 Å². The van der Waals surface area contributed by atoms with Gasteiger partial charge in [0.05, 0.1) is 12.8 Å². The van der Waals surface area contributed by atoms with E-state index in [1.165, 1.54) is 19.4 Å². The number of likely N-dealkylation sites (tertiary alicyclic amines) is 1. The lowest BCUT2D eigenvalue weighted by molar-refractivity contribution is 0.273. The number of rotatable bonds is 8. The van der Waals surface area contributed by atoms with Crippen LogP contribution in [0.15, 0.2) is 27.8 Å². The maximum absolute atomic E-state index is 5.38. The minimum absolute atomic E-state index is 0.427. The molecule has 23 heavy (non-hydrogen) atoms. The number of nitrogens with one attached hydrogen (secondary N) is 2. The molecule has 0 aromatic carbocycles. The number of likely N-dealkylation sites (N-methyl/N-ethyl adjacent to an activating group) is 1. The molecule has 0 radical (unpaired) electrons. The van der Waals surface area contributed by atoms with Gasteiger partial charge in [-0.2, -0.15) is 0 Å². The lowest BCUT2D eigenvalue weighted by Gasteiger charge is -2.22. The van der Waals surface area contributed by atoms with Crippen LogP contribution in [0.25, 0.3) is 0 Å². The van der Waals surface area contributed by atoms with Crippen molar-refractivity contribution in [2.75, 3.05) is 26.2 Å². The molecule has 5 heteroatoms. The van der Waals surface area contributed by atoms with Crippen LogP contribution in [-0.2, 0) is 6.42 Å². The fourth-order valence-corrected chi connectivity index (χ4v) is 2.96. The van der Waals surface area contributed by atoms with Crippen LogP contribution in [0.4, 0.5) is 0 Å². The highest BCUT2D eigenvalue weighted by Crippen LogP contribution is 2.16. The first-order valence-electron chi connectivity index (χ1n) is 9.04. The molecular weight excluding hydrogens is 288 g/mol. The van der Waals surface area contributed by atoms with Crippen molar-refractivity contribution in [3.63, 3.8) is 0 Å². The summed E-state index contributed by atoms with van der Waals surface area (Å²) >= 11 is 0. The van der Waals surface area contributed by atoms with Gasteiger partial charge in [0.15, 0.2) is 5.96 Å². The van der Waals surface area contributed by atoms with E-state index in [9.17, 15) is 0 Å². The largest absolute Gasteiger partial charge is 0.469 e. The van der Waals surface area contributed by atoms with Crippen LogP contribution >= 0.6 is 0 Å². The third-order valence-electron chi connectivity index (χ3n) is 4.60. The van der Waals surface area contributed by atoms with Gasteiger partial charge in [-0.05, 0) is 51.4 Å². The van der Waals surface area contributed by atoms with Crippen LogP contribution in [0.5, 0.6) is 0 Å². The van der Waals surface area contributed by atoms with E-state index in [1.54, 1.807) is 6.26 Å². The number of guanidine groups is 1. The van der Waals surface area contributed by atoms with Crippen LogP contribution in [0.1, 0.15) is 45.8 Å². The first-order valence-corrected chi connectivity index (χ1v) is 9.04. The third-order valence-corrected chi connectivity index (χ3v) is 4.60. The summed E-state index contributed by atoms with van der Waals surface area (Å²) in [6.45, 7) is 10.7. The second-order valence-corrected chi connectivity index (χ2v) is 6.32. The first kappa shape index (κ1) is 17.9. The molecule has 0 amide bonds. The lowest BCUT2D eigenvalue weighted by atomic mass is 10.2. The van der Waals surface area contributed by atoms with Crippen molar-refractivity contribution in [3.8, 4) is 0 Å². The Morgan fingerprint density at radius 1 is 1.48 bits per heavy atom. The molecule has 2 atom stereocenters. The molecule has 1 aromatic rings. The van der Waals surface area contributed by atoms with Gasteiger partial charge in [-0.1, -0.05) is 13.8 Å². The topological polar surface area (TPSA) is 52.8 Å². The van der Waals surface area contributed by atoms with Gasteiger partial charge in [0.25, 0.3) is 0 Å². The van der Waals surface area contributed by atoms with E-state index in [0.717, 1.165) is 44.2 Å². The van der Waals surface area contributed by atoms with Crippen molar-refractivity contribution >= 4 is 5.96 Å². The smallest absolute Gasteiger partial charge is 0.191 e. The molecule has 2 rings (SSSR count). The molecule has 5 nitrogen and oxygen atoms in total. The monoisotopic (exact) mass is 320 g/mol.